The summed E-state index contributed by atoms with van der Waals surface area (Å²) in [6.07, 6.45) is 4.14. The molecule has 0 N–H and O–H groups in total. The lowest BCUT2D eigenvalue weighted by Gasteiger charge is -2.05. The SMILES string of the molecule is C=C(C)Cc1ccc(C=CC(=O)OCC)c(C)c1. The number of hydrogen-bond donors (Lipinski definition) is 0. The van der Waals surface area contributed by atoms with Crippen LogP contribution in [0.1, 0.15) is 30.5 Å². The number of hydrogen-bond acceptors (Lipinski definition) is 2. The molecule has 1 rings (SSSR count). The Labute approximate surface area is 109 Å². The quantitative estimate of drug-likeness (QED) is 0.448. The second-order valence-electron chi connectivity index (χ2n) is 4.41. The van der Waals surface area contributed by atoms with Crippen molar-refractivity contribution in [1.29, 1.82) is 0 Å². The molecule has 2 nitrogen and oxygen atoms in total. The average Bonchev–Trinajstić information content (AvgIpc) is 2.27. The average molecular weight is 244 g/mol. The summed E-state index contributed by atoms with van der Waals surface area (Å²) in [6.45, 7) is 10.2. The molecule has 0 aliphatic heterocycles. The maximum Gasteiger partial charge on any atom is 0.330 e. The Hall–Kier alpha value is -1.83. The molecule has 0 amide bonds. The van der Waals surface area contributed by atoms with Crippen molar-refractivity contribution >= 4 is 12.0 Å². The van der Waals surface area contributed by atoms with Gasteiger partial charge in [-0.05, 0) is 50.0 Å². The lowest BCUT2D eigenvalue weighted by Crippen LogP contribution is -1.98. The lowest BCUT2D eigenvalue weighted by atomic mass is 10.0. The third-order valence-corrected chi connectivity index (χ3v) is 2.53. The smallest absolute Gasteiger partial charge is 0.330 e. The van der Waals surface area contributed by atoms with E-state index in [1.807, 2.05) is 19.9 Å². The lowest BCUT2D eigenvalue weighted by molar-refractivity contribution is -0.137. The predicted molar refractivity (Wildman–Crippen MR) is 75.4 cm³/mol. The first-order chi connectivity index (χ1) is 8.52. The third-order valence-electron chi connectivity index (χ3n) is 2.53. The minimum Gasteiger partial charge on any atom is -0.463 e. The van der Waals surface area contributed by atoms with Gasteiger partial charge in [-0.2, -0.15) is 0 Å². The van der Waals surface area contributed by atoms with Crippen molar-refractivity contribution in [1.82, 2.24) is 0 Å². The van der Waals surface area contributed by atoms with Crippen molar-refractivity contribution in [3.8, 4) is 0 Å². The van der Waals surface area contributed by atoms with Crippen LogP contribution in [0.4, 0.5) is 0 Å². The Balaban J connectivity index is 2.79. The highest BCUT2D eigenvalue weighted by atomic mass is 16.5. The maximum atomic E-state index is 11.2. The third kappa shape index (κ3) is 4.58. The zero-order valence-electron chi connectivity index (χ0n) is 11.3. The molecule has 18 heavy (non-hydrogen) atoms. The number of rotatable bonds is 5. The highest BCUT2D eigenvalue weighted by Crippen LogP contribution is 2.15. The van der Waals surface area contributed by atoms with Gasteiger partial charge in [0.05, 0.1) is 6.61 Å². The van der Waals surface area contributed by atoms with E-state index in [1.165, 1.54) is 11.6 Å². The van der Waals surface area contributed by atoms with E-state index in [0.29, 0.717) is 6.61 Å². The molecule has 0 aromatic heterocycles. The topological polar surface area (TPSA) is 26.3 Å². The molecule has 0 saturated heterocycles. The van der Waals surface area contributed by atoms with E-state index in [-0.39, 0.29) is 5.97 Å². The van der Waals surface area contributed by atoms with E-state index in [4.69, 9.17) is 4.74 Å². The van der Waals surface area contributed by atoms with E-state index < -0.39 is 0 Å². The minimum atomic E-state index is -0.303. The molecule has 96 valence electrons. The van der Waals surface area contributed by atoms with Crippen molar-refractivity contribution in [3.05, 3.63) is 53.1 Å². The highest BCUT2D eigenvalue weighted by molar-refractivity contribution is 5.87. The van der Waals surface area contributed by atoms with Gasteiger partial charge in [0.1, 0.15) is 0 Å². The van der Waals surface area contributed by atoms with Gasteiger partial charge in [0.2, 0.25) is 0 Å². The van der Waals surface area contributed by atoms with Gasteiger partial charge < -0.3 is 4.74 Å². The normalized spacial score (nSPS) is 10.6. The van der Waals surface area contributed by atoms with Crippen LogP contribution in [0.3, 0.4) is 0 Å². The monoisotopic (exact) mass is 244 g/mol. The summed E-state index contributed by atoms with van der Waals surface area (Å²) in [4.78, 5) is 11.2. The van der Waals surface area contributed by atoms with Gasteiger partial charge >= 0.3 is 5.97 Å². The predicted octanol–water partition coefficient (Wildman–Crippen LogP) is 3.69. The van der Waals surface area contributed by atoms with Crippen LogP contribution in [0.25, 0.3) is 6.08 Å². The number of benzene rings is 1. The van der Waals surface area contributed by atoms with Crippen LogP contribution in [0.5, 0.6) is 0 Å². The van der Waals surface area contributed by atoms with Crippen LogP contribution in [-0.2, 0) is 16.0 Å². The van der Waals surface area contributed by atoms with Crippen molar-refractivity contribution in [3.63, 3.8) is 0 Å². The molecule has 1 aromatic carbocycles. The Bertz CT molecular complexity index is 470. The Kier molecular flexibility index (Phi) is 5.37. The van der Waals surface area contributed by atoms with Crippen molar-refractivity contribution in [2.24, 2.45) is 0 Å². The van der Waals surface area contributed by atoms with Crippen LogP contribution < -0.4 is 0 Å². The second kappa shape index (κ2) is 6.80. The van der Waals surface area contributed by atoms with Crippen molar-refractivity contribution in [2.45, 2.75) is 27.2 Å². The summed E-state index contributed by atoms with van der Waals surface area (Å²) in [6, 6.07) is 6.20. The molecule has 0 heterocycles. The van der Waals surface area contributed by atoms with E-state index in [2.05, 4.69) is 18.7 Å². The molecule has 0 unspecified atom stereocenters. The van der Waals surface area contributed by atoms with E-state index in [9.17, 15) is 4.79 Å². The largest absolute Gasteiger partial charge is 0.463 e. The first-order valence-electron chi connectivity index (χ1n) is 6.11. The number of aryl methyl sites for hydroxylation is 1. The van der Waals surface area contributed by atoms with Gasteiger partial charge in [-0.25, -0.2) is 4.79 Å². The van der Waals surface area contributed by atoms with Crippen LogP contribution in [0.15, 0.2) is 36.4 Å². The molecule has 0 saturated carbocycles. The first kappa shape index (κ1) is 14.2. The molecule has 0 fully saturated rings. The first-order valence-corrected chi connectivity index (χ1v) is 6.11. The number of carbonyl (C=O) groups excluding carboxylic acids is 1. The zero-order valence-corrected chi connectivity index (χ0v) is 11.3. The van der Waals surface area contributed by atoms with Gasteiger partial charge in [0, 0.05) is 6.08 Å². The molecular weight excluding hydrogens is 224 g/mol. The molecule has 1 aromatic rings. The van der Waals surface area contributed by atoms with Crippen LogP contribution >= 0.6 is 0 Å². The molecule has 0 radical (unpaired) electrons. The zero-order chi connectivity index (χ0) is 13.5. The molecule has 0 bridgehead atoms. The molecule has 0 aliphatic carbocycles. The second-order valence-corrected chi connectivity index (χ2v) is 4.41. The molecule has 2 heteroatoms. The Morgan fingerprint density at radius 2 is 2.17 bits per heavy atom. The Morgan fingerprint density at radius 1 is 1.44 bits per heavy atom. The Morgan fingerprint density at radius 3 is 2.72 bits per heavy atom. The van der Waals surface area contributed by atoms with Crippen LogP contribution in [0.2, 0.25) is 0 Å². The van der Waals surface area contributed by atoms with E-state index in [0.717, 1.165) is 23.1 Å². The fraction of sp³-hybridized carbons (Fsp3) is 0.312. The fourth-order valence-corrected chi connectivity index (χ4v) is 1.73. The van der Waals surface area contributed by atoms with Gasteiger partial charge in [0.15, 0.2) is 0 Å². The van der Waals surface area contributed by atoms with Gasteiger partial charge in [0.25, 0.3) is 0 Å². The van der Waals surface area contributed by atoms with E-state index in [1.54, 1.807) is 13.0 Å². The van der Waals surface area contributed by atoms with Crippen LogP contribution in [-0.4, -0.2) is 12.6 Å². The summed E-state index contributed by atoms with van der Waals surface area (Å²) in [5, 5.41) is 0. The molecular formula is C16H20O2. The number of ether oxygens (including phenoxy) is 1. The number of allylic oxidation sites excluding steroid dienone is 1. The highest BCUT2D eigenvalue weighted by Gasteiger charge is 2.00. The standard InChI is InChI=1S/C16H20O2/c1-5-18-16(17)9-8-15-7-6-14(10-12(2)3)11-13(15)4/h6-9,11H,2,5,10H2,1,3-4H3. The van der Waals surface area contributed by atoms with Gasteiger partial charge in [-0.1, -0.05) is 30.4 Å². The summed E-state index contributed by atoms with van der Waals surface area (Å²) in [5.41, 5.74) is 4.57. The minimum absolute atomic E-state index is 0.303. The molecule has 0 atom stereocenters. The van der Waals surface area contributed by atoms with Crippen molar-refractivity contribution in [2.75, 3.05) is 6.61 Å². The number of esters is 1. The van der Waals surface area contributed by atoms with Gasteiger partial charge in [-0.3, -0.25) is 0 Å². The molecule has 0 aliphatic rings. The van der Waals surface area contributed by atoms with Gasteiger partial charge in [-0.15, -0.1) is 0 Å². The summed E-state index contributed by atoms with van der Waals surface area (Å²) in [7, 11) is 0. The van der Waals surface area contributed by atoms with Crippen molar-refractivity contribution < 1.29 is 9.53 Å². The summed E-state index contributed by atoms with van der Waals surface area (Å²) >= 11 is 0. The number of carbonyl (C=O) groups is 1. The summed E-state index contributed by atoms with van der Waals surface area (Å²) in [5.74, 6) is -0.303. The van der Waals surface area contributed by atoms with Crippen LogP contribution in [0, 0.1) is 6.92 Å². The van der Waals surface area contributed by atoms with E-state index >= 15 is 0 Å². The fourth-order valence-electron chi connectivity index (χ4n) is 1.73. The maximum absolute atomic E-state index is 11.2. The molecule has 0 spiro atoms. The summed E-state index contributed by atoms with van der Waals surface area (Å²) < 4.78 is 4.84.